The fourth-order valence-electron chi connectivity index (χ4n) is 2.01. The van der Waals surface area contributed by atoms with Gasteiger partial charge in [0.15, 0.2) is 0 Å². The van der Waals surface area contributed by atoms with Crippen molar-refractivity contribution in [3.8, 4) is 5.75 Å². The quantitative estimate of drug-likeness (QED) is 0.925. The van der Waals surface area contributed by atoms with E-state index in [9.17, 15) is 4.39 Å². The van der Waals surface area contributed by atoms with Gasteiger partial charge in [-0.25, -0.2) is 4.39 Å². The summed E-state index contributed by atoms with van der Waals surface area (Å²) < 4.78 is 18.5. The average Bonchev–Trinajstić information content (AvgIpc) is 2.41. The van der Waals surface area contributed by atoms with E-state index in [2.05, 4.69) is 0 Å². The van der Waals surface area contributed by atoms with E-state index in [0.717, 1.165) is 5.56 Å². The fraction of sp³-hybridized carbons (Fsp3) is 0.200. The molecule has 0 fully saturated rings. The SMILES string of the molecule is COc1ccc(F)cc1C(N)Cc1ccccc1Cl. The minimum absolute atomic E-state index is 0.328. The van der Waals surface area contributed by atoms with Gasteiger partial charge in [-0.05, 0) is 36.2 Å². The second kappa shape index (κ2) is 6.04. The first-order valence-corrected chi connectivity index (χ1v) is 6.32. The molecule has 19 heavy (non-hydrogen) atoms. The lowest BCUT2D eigenvalue weighted by molar-refractivity contribution is 0.404. The van der Waals surface area contributed by atoms with Crippen LogP contribution in [0.2, 0.25) is 5.02 Å². The summed E-state index contributed by atoms with van der Waals surface area (Å²) >= 11 is 6.10. The Balaban J connectivity index is 2.27. The summed E-state index contributed by atoms with van der Waals surface area (Å²) in [7, 11) is 1.54. The normalized spacial score (nSPS) is 12.2. The van der Waals surface area contributed by atoms with E-state index in [1.807, 2.05) is 24.3 Å². The summed E-state index contributed by atoms with van der Waals surface area (Å²) in [6.07, 6.45) is 0.527. The number of hydrogen-bond acceptors (Lipinski definition) is 2. The van der Waals surface area contributed by atoms with Crippen molar-refractivity contribution < 1.29 is 9.13 Å². The molecule has 0 heterocycles. The molecule has 2 nitrogen and oxygen atoms in total. The van der Waals surface area contributed by atoms with Crippen LogP contribution < -0.4 is 10.5 Å². The van der Waals surface area contributed by atoms with Gasteiger partial charge in [-0.15, -0.1) is 0 Å². The van der Waals surface area contributed by atoms with Gasteiger partial charge >= 0.3 is 0 Å². The highest BCUT2D eigenvalue weighted by Crippen LogP contribution is 2.28. The van der Waals surface area contributed by atoms with Crippen molar-refractivity contribution in [3.05, 3.63) is 64.4 Å². The van der Waals surface area contributed by atoms with Crippen molar-refractivity contribution in [2.24, 2.45) is 5.73 Å². The van der Waals surface area contributed by atoms with Crippen molar-refractivity contribution in [1.82, 2.24) is 0 Å². The Labute approximate surface area is 117 Å². The van der Waals surface area contributed by atoms with Gasteiger partial charge in [0.1, 0.15) is 11.6 Å². The zero-order valence-corrected chi connectivity index (χ0v) is 11.3. The molecular formula is C15H15ClFNO. The van der Waals surface area contributed by atoms with Gasteiger partial charge in [-0.3, -0.25) is 0 Å². The molecule has 0 amide bonds. The number of hydrogen-bond donors (Lipinski definition) is 1. The third-order valence-corrected chi connectivity index (χ3v) is 3.36. The van der Waals surface area contributed by atoms with E-state index in [1.54, 1.807) is 13.2 Å². The molecule has 2 aromatic carbocycles. The molecule has 0 aliphatic rings. The van der Waals surface area contributed by atoms with Crippen molar-refractivity contribution in [1.29, 1.82) is 0 Å². The molecule has 2 N–H and O–H groups in total. The smallest absolute Gasteiger partial charge is 0.123 e. The molecule has 2 rings (SSSR count). The number of halogens is 2. The second-order valence-corrected chi connectivity index (χ2v) is 4.70. The number of methoxy groups -OCH3 is 1. The summed E-state index contributed by atoms with van der Waals surface area (Å²) in [5, 5.41) is 0.660. The Hall–Kier alpha value is -1.58. The highest BCUT2D eigenvalue weighted by Gasteiger charge is 2.14. The Bertz CT molecular complexity index is 574. The fourth-order valence-corrected chi connectivity index (χ4v) is 2.22. The molecule has 0 aromatic heterocycles. The minimum atomic E-state index is -0.370. The molecule has 4 heteroatoms. The van der Waals surface area contributed by atoms with Crippen LogP contribution in [0.25, 0.3) is 0 Å². The largest absolute Gasteiger partial charge is 0.496 e. The van der Waals surface area contributed by atoms with Crippen molar-refractivity contribution in [2.45, 2.75) is 12.5 Å². The van der Waals surface area contributed by atoms with E-state index in [1.165, 1.54) is 12.1 Å². The third kappa shape index (κ3) is 3.25. The van der Waals surface area contributed by atoms with Gasteiger partial charge in [0.05, 0.1) is 7.11 Å². The van der Waals surface area contributed by atoms with Gasteiger partial charge < -0.3 is 10.5 Å². The molecule has 1 unspecified atom stereocenters. The molecule has 0 aliphatic carbocycles. The Kier molecular flexibility index (Phi) is 4.40. The van der Waals surface area contributed by atoms with Crippen LogP contribution in [-0.4, -0.2) is 7.11 Å². The summed E-state index contributed by atoms with van der Waals surface area (Å²) in [6, 6.07) is 11.4. The van der Waals surface area contributed by atoms with E-state index in [-0.39, 0.29) is 11.9 Å². The first-order valence-electron chi connectivity index (χ1n) is 5.94. The second-order valence-electron chi connectivity index (χ2n) is 4.29. The maximum atomic E-state index is 13.3. The first kappa shape index (κ1) is 13.8. The lowest BCUT2D eigenvalue weighted by Gasteiger charge is -2.16. The van der Waals surface area contributed by atoms with Crippen LogP contribution in [-0.2, 0) is 6.42 Å². The lowest BCUT2D eigenvalue weighted by atomic mass is 9.98. The van der Waals surface area contributed by atoms with Gasteiger partial charge in [-0.2, -0.15) is 0 Å². The molecule has 1 atom stereocenters. The molecule has 2 aromatic rings. The molecular weight excluding hydrogens is 265 g/mol. The predicted molar refractivity (Wildman–Crippen MR) is 75.0 cm³/mol. The van der Waals surface area contributed by atoms with Crippen LogP contribution in [0.3, 0.4) is 0 Å². The number of ether oxygens (including phenoxy) is 1. The van der Waals surface area contributed by atoms with Gasteiger partial charge in [0.2, 0.25) is 0 Å². The maximum absolute atomic E-state index is 13.3. The molecule has 0 spiro atoms. The van der Waals surface area contributed by atoms with E-state index >= 15 is 0 Å². The monoisotopic (exact) mass is 279 g/mol. The third-order valence-electron chi connectivity index (χ3n) is 2.99. The Morgan fingerprint density at radius 3 is 2.68 bits per heavy atom. The van der Waals surface area contributed by atoms with Crippen LogP contribution >= 0.6 is 11.6 Å². The van der Waals surface area contributed by atoms with Crippen LogP contribution in [0.4, 0.5) is 4.39 Å². The first-order chi connectivity index (χ1) is 9.11. The van der Waals surface area contributed by atoms with E-state index in [4.69, 9.17) is 22.1 Å². The van der Waals surface area contributed by atoms with Crippen LogP contribution in [0.15, 0.2) is 42.5 Å². The van der Waals surface area contributed by atoms with Crippen molar-refractivity contribution in [2.75, 3.05) is 7.11 Å². The van der Waals surface area contributed by atoms with Gasteiger partial charge in [-0.1, -0.05) is 29.8 Å². The number of nitrogens with two attached hydrogens (primary N) is 1. The zero-order valence-electron chi connectivity index (χ0n) is 10.6. The van der Waals surface area contributed by atoms with Gasteiger partial charge in [0.25, 0.3) is 0 Å². The zero-order chi connectivity index (χ0) is 13.8. The number of benzene rings is 2. The van der Waals surface area contributed by atoms with Crippen LogP contribution in [0.1, 0.15) is 17.2 Å². The molecule has 100 valence electrons. The molecule has 0 saturated heterocycles. The highest BCUT2D eigenvalue weighted by molar-refractivity contribution is 6.31. The topological polar surface area (TPSA) is 35.2 Å². The van der Waals surface area contributed by atoms with Crippen molar-refractivity contribution >= 4 is 11.6 Å². The molecule has 0 radical (unpaired) electrons. The van der Waals surface area contributed by atoms with Crippen LogP contribution in [0, 0.1) is 5.82 Å². The average molecular weight is 280 g/mol. The Morgan fingerprint density at radius 2 is 2.00 bits per heavy atom. The molecule has 0 bridgehead atoms. The van der Waals surface area contributed by atoms with Crippen molar-refractivity contribution in [3.63, 3.8) is 0 Å². The molecule has 0 saturated carbocycles. The molecule has 0 aliphatic heterocycles. The van der Waals surface area contributed by atoms with E-state index < -0.39 is 0 Å². The number of rotatable bonds is 4. The summed E-state index contributed by atoms with van der Waals surface area (Å²) in [5.41, 5.74) is 7.71. The maximum Gasteiger partial charge on any atom is 0.123 e. The Morgan fingerprint density at radius 1 is 1.26 bits per heavy atom. The standard InChI is InChI=1S/C15H15ClFNO/c1-19-15-7-6-11(17)9-12(15)14(18)8-10-4-2-3-5-13(10)16/h2-7,9,14H,8,18H2,1H3. The summed E-state index contributed by atoms with van der Waals surface area (Å²) in [4.78, 5) is 0. The highest BCUT2D eigenvalue weighted by atomic mass is 35.5. The lowest BCUT2D eigenvalue weighted by Crippen LogP contribution is -2.15. The van der Waals surface area contributed by atoms with Crippen LogP contribution in [0.5, 0.6) is 5.75 Å². The summed E-state index contributed by atoms with van der Waals surface area (Å²) in [6.45, 7) is 0. The van der Waals surface area contributed by atoms with E-state index in [0.29, 0.717) is 22.8 Å². The minimum Gasteiger partial charge on any atom is -0.496 e. The predicted octanol–water partition coefficient (Wildman–Crippen LogP) is 3.73. The summed E-state index contributed by atoms with van der Waals surface area (Å²) in [5.74, 6) is 0.256. The van der Waals surface area contributed by atoms with Gasteiger partial charge in [0, 0.05) is 16.6 Å².